The monoisotopic (exact) mass is 337 g/mol. The van der Waals surface area contributed by atoms with Crippen molar-refractivity contribution in [3.05, 3.63) is 83.1 Å². The first-order valence-corrected chi connectivity index (χ1v) is 7.85. The Bertz CT molecular complexity index is 880. The Hall–Kier alpha value is -2.85. The smallest absolute Gasteiger partial charge is 0.274 e. The van der Waals surface area contributed by atoms with Crippen LogP contribution in [0.4, 0.5) is 17.1 Å². The lowest BCUT2D eigenvalue weighted by Crippen LogP contribution is -2.13. The van der Waals surface area contributed by atoms with E-state index in [2.05, 4.69) is 15.6 Å². The van der Waals surface area contributed by atoms with E-state index in [1.165, 1.54) is 0 Å². The molecular weight excluding hydrogens is 322 g/mol. The van der Waals surface area contributed by atoms with E-state index in [4.69, 9.17) is 11.6 Å². The number of halogens is 1. The summed E-state index contributed by atoms with van der Waals surface area (Å²) in [4.78, 5) is 16.5. The summed E-state index contributed by atoms with van der Waals surface area (Å²) in [5.74, 6) is -0.286. The highest BCUT2D eigenvalue weighted by Crippen LogP contribution is 2.21. The van der Waals surface area contributed by atoms with Crippen molar-refractivity contribution in [1.82, 2.24) is 4.98 Å². The maximum absolute atomic E-state index is 12.4. The van der Waals surface area contributed by atoms with Crippen molar-refractivity contribution < 1.29 is 4.79 Å². The lowest BCUT2D eigenvalue weighted by atomic mass is 10.2. The highest BCUT2D eigenvalue weighted by molar-refractivity contribution is 6.30. The number of amides is 1. The van der Waals surface area contributed by atoms with Crippen molar-refractivity contribution in [2.75, 3.05) is 10.6 Å². The SMILES string of the molecule is Cc1ccccc1Nc1ccnc(C(=O)Nc2cccc(Cl)c2)c1. The topological polar surface area (TPSA) is 54.0 Å². The standard InChI is InChI=1S/C19H16ClN3O/c1-13-5-2-3-8-17(13)22-16-9-10-21-18(12-16)19(24)23-15-7-4-6-14(20)11-15/h2-12H,1H3,(H,21,22)(H,23,24). The van der Waals surface area contributed by atoms with Gasteiger partial charge in [0.05, 0.1) is 0 Å². The minimum Gasteiger partial charge on any atom is -0.355 e. The molecule has 0 radical (unpaired) electrons. The summed E-state index contributed by atoms with van der Waals surface area (Å²) in [6.45, 7) is 2.02. The first-order valence-electron chi connectivity index (χ1n) is 7.47. The number of benzene rings is 2. The molecule has 1 aromatic heterocycles. The first kappa shape index (κ1) is 16.0. The molecule has 0 aliphatic carbocycles. The molecule has 1 amide bonds. The van der Waals surface area contributed by atoms with Gasteiger partial charge in [-0.25, -0.2) is 0 Å². The van der Waals surface area contributed by atoms with Crippen LogP contribution < -0.4 is 10.6 Å². The summed E-state index contributed by atoms with van der Waals surface area (Å²) in [6, 6.07) is 18.5. The van der Waals surface area contributed by atoms with Crippen LogP contribution in [0.15, 0.2) is 66.9 Å². The zero-order chi connectivity index (χ0) is 16.9. The van der Waals surface area contributed by atoms with Crippen LogP contribution in [-0.2, 0) is 0 Å². The summed E-state index contributed by atoms with van der Waals surface area (Å²) < 4.78 is 0. The molecule has 0 aliphatic heterocycles. The number of nitrogens with one attached hydrogen (secondary N) is 2. The number of pyridine rings is 1. The molecule has 0 saturated carbocycles. The van der Waals surface area contributed by atoms with Crippen LogP contribution >= 0.6 is 11.6 Å². The van der Waals surface area contributed by atoms with Gasteiger partial charge in [-0.1, -0.05) is 35.9 Å². The van der Waals surface area contributed by atoms with E-state index >= 15 is 0 Å². The third-order valence-electron chi connectivity index (χ3n) is 3.50. The summed E-state index contributed by atoms with van der Waals surface area (Å²) in [5.41, 5.74) is 3.87. The fraction of sp³-hybridized carbons (Fsp3) is 0.0526. The predicted octanol–water partition coefficient (Wildman–Crippen LogP) is 5.04. The van der Waals surface area contributed by atoms with E-state index in [0.29, 0.717) is 16.4 Å². The molecule has 120 valence electrons. The number of carbonyl (C=O) groups excluding carboxylic acids is 1. The van der Waals surface area contributed by atoms with Crippen LogP contribution in [0.3, 0.4) is 0 Å². The van der Waals surface area contributed by atoms with Crippen molar-refractivity contribution in [3.8, 4) is 0 Å². The van der Waals surface area contributed by atoms with Crippen molar-refractivity contribution in [3.63, 3.8) is 0 Å². The number of hydrogen-bond donors (Lipinski definition) is 2. The first-order chi connectivity index (χ1) is 11.6. The third-order valence-corrected chi connectivity index (χ3v) is 3.73. The summed E-state index contributed by atoms with van der Waals surface area (Å²) in [6.07, 6.45) is 1.60. The van der Waals surface area contributed by atoms with Gasteiger partial charge >= 0.3 is 0 Å². The lowest BCUT2D eigenvalue weighted by molar-refractivity contribution is 0.102. The Morgan fingerprint density at radius 1 is 1.00 bits per heavy atom. The van der Waals surface area contributed by atoms with Gasteiger partial charge in [-0.05, 0) is 48.9 Å². The molecule has 0 atom stereocenters. The minimum atomic E-state index is -0.286. The fourth-order valence-electron chi connectivity index (χ4n) is 2.26. The van der Waals surface area contributed by atoms with Crippen molar-refractivity contribution in [2.45, 2.75) is 6.92 Å². The summed E-state index contributed by atoms with van der Waals surface area (Å²) >= 11 is 5.93. The molecule has 2 N–H and O–H groups in total. The van der Waals surface area contributed by atoms with E-state index < -0.39 is 0 Å². The summed E-state index contributed by atoms with van der Waals surface area (Å²) in [7, 11) is 0. The fourth-order valence-corrected chi connectivity index (χ4v) is 2.45. The van der Waals surface area contributed by atoms with E-state index in [9.17, 15) is 4.79 Å². The highest BCUT2D eigenvalue weighted by Gasteiger charge is 2.09. The zero-order valence-electron chi connectivity index (χ0n) is 13.1. The number of anilines is 3. The average Bonchev–Trinajstić information content (AvgIpc) is 2.57. The number of hydrogen-bond acceptors (Lipinski definition) is 3. The van der Waals surface area contributed by atoms with E-state index in [0.717, 1.165) is 16.9 Å². The van der Waals surface area contributed by atoms with Gasteiger partial charge in [0.25, 0.3) is 5.91 Å². The highest BCUT2D eigenvalue weighted by atomic mass is 35.5. The number of nitrogens with zero attached hydrogens (tertiary/aromatic N) is 1. The molecule has 0 bridgehead atoms. The molecule has 0 fully saturated rings. The van der Waals surface area contributed by atoms with Crippen LogP contribution in [-0.4, -0.2) is 10.9 Å². The normalized spacial score (nSPS) is 10.2. The van der Waals surface area contributed by atoms with Crippen LogP contribution in [0.25, 0.3) is 0 Å². The second-order valence-corrected chi connectivity index (χ2v) is 5.77. The van der Waals surface area contributed by atoms with Gasteiger partial charge in [-0.15, -0.1) is 0 Å². The van der Waals surface area contributed by atoms with Crippen LogP contribution in [0.2, 0.25) is 5.02 Å². The van der Waals surface area contributed by atoms with Crippen molar-refractivity contribution in [1.29, 1.82) is 0 Å². The number of carbonyl (C=O) groups is 1. The maximum atomic E-state index is 12.4. The quantitative estimate of drug-likeness (QED) is 0.701. The minimum absolute atomic E-state index is 0.286. The zero-order valence-corrected chi connectivity index (χ0v) is 13.8. The third kappa shape index (κ3) is 3.91. The van der Waals surface area contributed by atoms with Gasteiger partial charge in [0, 0.05) is 28.3 Å². The Morgan fingerprint density at radius 3 is 2.62 bits per heavy atom. The molecule has 3 aromatic rings. The second kappa shape index (κ2) is 7.15. The molecule has 24 heavy (non-hydrogen) atoms. The summed E-state index contributed by atoms with van der Waals surface area (Å²) in [5, 5.41) is 6.65. The molecule has 0 saturated heterocycles. The number of aromatic nitrogens is 1. The molecule has 0 aliphatic rings. The van der Waals surface area contributed by atoms with Crippen molar-refractivity contribution in [2.24, 2.45) is 0 Å². The van der Waals surface area contributed by atoms with Crippen molar-refractivity contribution >= 4 is 34.6 Å². The van der Waals surface area contributed by atoms with Gasteiger partial charge in [-0.3, -0.25) is 9.78 Å². The van der Waals surface area contributed by atoms with Crippen LogP contribution in [0.5, 0.6) is 0 Å². The average molecular weight is 338 g/mol. The Balaban J connectivity index is 1.77. The maximum Gasteiger partial charge on any atom is 0.274 e. The predicted molar refractivity (Wildman–Crippen MR) is 98.1 cm³/mol. The van der Waals surface area contributed by atoms with Gasteiger partial charge in [0.1, 0.15) is 5.69 Å². The number of para-hydroxylation sites is 1. The van der Waals surface area contributed by atoms with Crippen LogP contribution in [0, 0.1) is 6.92 Å². The van der Waals surface area contributed by atoms with E-state index in [1.807, 2.05) is 37.3 Å². The van der Waals surface area contributed by atoms with Gasteiger partial charge < -0.3 is 10.6 Å². The molecule has 1 heterocycles. The molecule has 0 unspecified atom stereocenters. The van der Waals surface area contributed by atoms with Crippen LogP contribution in [0.1, 0.15) is 16.1 Å². The Kier molecular flexibility index (Phi) is 4.77. The Labute approximate surface area is 145 Å². The van der Waals surface area contributed by atoms with Gasteiger partial charge in [-0.2, -0.15) is 0 Å². The van der Waals surface area contributed by atoms with E-state index in [1.54, 1.807) is 36.5 Å². The molecule has 3 rings (SSSR count). The Morgan fingerprint density at radius 2 is 1.83 bits per heavy atom. The number of aryl methyl sites for hydroxylation is 1. The van der Waals surface area contributed by atoms with E-state index in [-0.39, 0.29) is 5.91 Å². The molecule has 5 heteroatoms. The molecule has 0 spiro atoms. The lowest BCUT2D eigenvalue weighted by Gasteiger charge is -2.10. The van der Waals surface area contributed by atoms with Gasteiger partial charge in [0.15, 0.2) is 0 Å². The largest absolute Gasteiger partial charge is 0.355 e. The van der Waals surface area contributed by atoms with Gasteiger partial charge in [0.2, 0.25) is 0 Å². The molecule has 2 aromatic carbocycles. The molecular formula is C19H16ClN3O. The second-order valence-electron chi connectivity index (χ2n) is 5.33. The molecule has 4 nitrogen and oxygen atoms in total. The number of rotatable bonds is 4.